The van der Waals surface area contributed by atoms with Crippen molar-refractivity contribution in [3.63, 3.8) is 0 Å². The van der Waals surface area contributed by atoms with Gasteiger partial charge in [0.15, 0.2) is 14.9 Å². The van der Waals surface area contributed by atoms with E-state index >= 15 is 0 Å². The highest BCUT2D eigenvalue weighted by Gasteiger charge is 2.38. The molecule has 2 rings (SSSR count). The Labute approximate surface area is 148 Å². The van der Waals surface area contributed by atoms with Crippen molar-refractivity contribution < 1.29 is 17.9 Å². The van der Waals surface area contributed by atoms with Crippen LogP contribution in [0.2, 0.25) is 0 Å². The molecule has 0 aliphatic carbocycles. The van der Waals surface area contributed by atoms with Crippen molar-refractivity contribution in [2.24, 2.45) is 11.1 Å². The number of nitrogens with one attached hydrogen (secondary N) is 1. The minimum absolute atomic E-state index is 0. The third-order valence-corrected chi connectivity index (χ3v) is 4.70. The molecule has 3 N–H and O–H groups in total. The normalized spacial score (nSPS) is 16.6. The van der Waals surface area contributed by atoms with Crippen molar-refractivity contribution in [2.75, 3.05) is 31.3 Å². The molecule has 1 amide bonds. The maximum Gasteiger partial charge on any atom is 0.232 e. The number of aromatic nitrogens is 1. The summed E-state index contributed by atoms with van der Waals surface area (Å²) in [5, 5.41) is 2.72. The van der Waals surface area contributed by atoms with E-state index in [4.69, 9.17) is 10.5 Å². The molecule has 0 atom stereocenters. The van der Waals surface area contributed by atoms with E-state index in [1.54, 1.807) is 0 Å². The number of anilines is 1. The van der Waals surface area contributed by atoms with Gasteiger partial charge in [-0.15, -0.1) is 24.8 Å². The van der Waals surface area contributed by atoms with E-state index in [2.05, 4.69) is 10.3 Å². The number of hydrogen-bond donors (Lipinski definition) is 2. The van der Waals surface area contributed by atoms with Crippen LogP contribution in [0.5, 0.6) is 0 Å². The molecular formula is C13H21Cl2N3O4S. The summed E-state index contributed by atoms with van der Waals surface area (Å²) >= 11 is 0. The lowest BCUT2D eigenvalue weighted by atomic mass is 9.79. The largest absolute Gasteiger partial charge is 0.381 e. The van der Waals surface area contributed by atoms with Crippen LogP contribution in [0.1, 0.15) is 12.8 Å². The number of nitrogens with zero attached hydrogens (tertiary/aromatic N) is 1. The van der Waals surface area contributed by atoms with Crippen LogP contribution < -0.4 is 11.1 Å². The zero-order valence-electron chi connectivity index (χ0n) is 12.6. The number of rotatable bonds is 4. The predicted molar refractivity (Wildman–Crippen MR) is 92.0 cm³/mol. The Morgan fingerprint density at radius 1 is 1.35 bits per heavy atom. The third kappa shape index (κ3) is 5.29. The van der Waals surface area contributed by atoms with E-state index in [-0.39, 0.29) is 42.3 Å². The Balaban J connectivity index is 0.00000242. The van der Waals surface area contributed by atoms with Gasteiger partial charge >= 0.3 is 0 Å². The van der Waals surface area contributed by atoms with Gasteiger partial charge in [-0.05, 0) is 25.0 Å². The molecule has 0 spiro atoms. The summed E-state index contributed by atoms with van der Waals surface area (Å²) in [5.74, 6) is -0.179. The number of carbonyl (C=O) groups is 1. The van der Waals surface area contributed by atoms with Crippen LogP contribution in [-0.2, 0) is 19.4 Å². The fourth-order valence-corrected chi connectivity index (χ4v) is 2.78. The lowest BCUT2D eigenvalue weighted by Gasteiger charge is -2.34. The van der Waals surface area contributed by atoms with Crippen LogP contribution in [0.15, 0.2) is 23.4 Å². The maximum atomic E-state index is 12.4. The number of hydrogen-bond acceptors (Lipinski definition) is 6. The van der Waals surface area contributed by atoms with Gasteiger partial charge in [-0.1, -0.05) is 0 Å². The topological polar surface area (TPSA) is 111 Å². The highest BCUT2D eigenvalue weighted by molar-refractivity contribution is 7.90. The molecule has 7 nitrogen and oxygen atoms in total. The molecule has 1 aliphatic heterocycles. The minimum atomic E-state index is -3.35. The van der Waals surface area contributed by atoms with Crippen molar-refractivity contribution in [2.45, 2.75) is 17.9 Å². The van der Waals surface area contributed by atoms with Crippen molar-refractivity contribution in [1.29, 1.82) is 0 Å². The SMILES string of the molecule is CS(=O)(=O)c1ccc(NC(=O)C2(CN)CCOCC2)cn1.Cl.Cl. The number of pyridine rings is 1. The smallest absolute Gasteiger partial charge is 0.232 e. The van der Waals surface area contributed by atoms with Crippen molar-refractivity contribution in [3.8, 4) is 0 Å². The molecule has 132 valence electrons. The molecule has 0 saturated carbocycles. The fourth-order valence-electron chi connectivity index (χ4n) is 2.22. The molecule has 23 heavy (non-hydrogen) atoms. The molecular weight excluding hydrogens is 365 g/mol. The first kappa shape index (κ1) is 22.1. The number of sulfone groups is 1. The van der Waals surface area contributed by atoms with Gasteiger partial charge in [0.2, 0.25) is 5.91 Å². The average molecular weight is 386 g/mol. The lowest BCUT2D eigenvalue weighted by Crippen LogP contribution is -2.46. The Bertz CT molecular complexity index is 617. The summed E-state index contributed by atoms with van der Waals surface area (Å²) in [6, 6.07) is 2.88. The molecule has 0 radical (unpaired) electrons. The summed E-state index contributed by atoms with van der Waals surface area (Å²) in [5.41, 5.74) is 5.58. The molecule has 0 bridgehead atoms. The molecule has 1 saturated heterocycles. The molecule has 0 unspecified atom stereocenters. The first-order chi connectivity index (χ1) is 9.87. The minimum Gasteiger partial charge on any atom is -0.381 e. The number of amides is 1. The monoisotopic (exact) mass is 385 g/mol. The lowest BCUT2D eigenvalue weighted by molar-refractivity contribution is -0.130. The zero-order chi connectivity index (χ0) is 15.5. The van der Waals surface area contributed by atoms with E-state index < -0.39 is 15.3 Å². The van der Waals surface area contributed by atoms with Gasteiger partial charge in [0, 0.05) is 26.0 Å². The Kier molecular flexibility index (Phi) is 8.44. The summed E-state index contributed by atoms with van der Waals surface area (Å²) < 4.78 is 27.9. The van der Waals surface area contributed by atoms with E-state index in [9.17, 15) is 13.2 Å². The average Bonchev–Trinajstić information content (AvgIpc) is 2.47. The van der Waals surface area contributed by atoms with Crippen LogP contribution in [0, 0.1) is 5.41 Å². The summed E-state index contributed by atoms with van der Waals surface area (Å²) in [6.45, 7) is 1.27. The second-order valence-corrected chi connectivity index (χ2v) is 7.17. The van der Waals surface area contributed by atoms with Gasteiger partial charge in [-0.25, -0.2) is 13.4 Å². The number of ether oxygens (including phenoxy) is 1. The third-order valence-electron chi connectivity index (χ3n) is 3.70. The van der Waals surface area contributed by atoms with Gasteiger partial charge in [0.05, 0.1) is 17.3 Å². The van der Waals surface area contributed by atoms with E-state index in [1.807, 2.05) is 0 Å². The molecule has 1 aliphatic rings. The van der Waals surface area contributed by atoms with Crippen molar-refractivity contribution >= 4 is 46.2 Å². The Hall–Kier alpha value is -0.930. The fraction of sp³-hybridized carbons (Fsp3) is 0.538. The molecule has 1 aromatic heterocycles. The maximum absolute atomic E-state index is 12.4. The Morgan fingerprint density at radius 3 is 2.39 bits per heavy atom. The van der Waals surface area contributed by atoms with Crippen LogP contribution >= 0.6 is 24.8 Å². The van der Waals surface area contributed by atoms with E-state index in [1.165, 1.54) is 18.3 Å². The molecule has 1 fully saturated rings. The number of carbonyl (C=O) groups excluding carboxylic acids is 1. The summed E-state index contributed by atoms with van der Waals surface area (Å²) in [6.07, 6.45) is 3.56. The molecule has 10 heteroatoms. The number of nitrogens with two attached hydrogens (primary N) is 1. The van der Waals surface area contributed by atoms with Gasteiger partial charge in [0.1, 0.15) is 0 Å². The van der Waals surface area contributed by atoms with Crippen LogP contribution in [-0.4, -0.2) is 45.3 Å². The van der Waals surface area contributed by atoms with Gasteiger partial charge in [-0.3, -0.25) is 4.79 Å². The zero-order valence-corrected chi connectivity index (χ0v) is 15.1. The van der Waals surface area contributed by atoms with Crippen molar-refractivity contribution in [1.82, 2.24) is 4.98 Å². The quantitative estimate of drug-likeness (QED) is 0.799. The van der Waals surface area contributed by atoms with Gasteiger partial charge in [0.25, 0.3) is 0 Å². The second kappa shape index (κ2) is 8.79. The van der Waals surface area contributed by atoms with Crippen LogP contribution in [0.3, 0.4) is 0 Å². The standard InChI is InChI=1S/C13H19N3O4S.2ClH/c1-21(18,19)11-3-2-10(8-15-11)16-12(17)13(9-14)4-6-20-7-5-13;;/h2-3,8H,4-7,9,14H2,1H3,(H,16,17);2*1H. The molecule has 0 aromatic carbocycles. The first-order valence-corrected chi connectivity index (χ1v) is 8.52. The highest BCUT2D eigenvalue weighted by atomic mass is 35.5. The summed E-state index contributed by atoms with van der Waals surface area (Å²) in [7, 11) is -3.35. The van der Waals surface area contributed by atoms with Crippen molar-refractivity contribution in [3.05, 3.63) is 18.3 Å². The van der Waals surface area contributed by atoms with E-state index in [0.29, 0.717) is 31.7 Å². The summed E-state index contributed by atoms with van der Waals surface area (Å²) in [4.78, 5) is 16.2. The predicted octanol–water partition coefficient (Wildman–Crippen LogP) is 1.02. The molecule has 1 aromatic rings. The first-order valence-electron chi connectivity index (χ1n) is 6.63. The molecule has 2 heterocycles. The number of halogens is 2. The van der Waals surface area contributed by atoms with Crippen LogP contribution in [0.4, 0.5) is 5.69 Å². The second-order valence-electron chi connectivity index (χ2n) is 5.21. The van der Waals surface area contributed by atoms with E-state index in [0.717, 1.165) is 6.26 Å². The Morgan fingerprint density at radius 2 is 1.96 bits per heavy atom. The highest BCUT2D eigenvalue weighted by Crippen LogP contribution is 2.30. The van der Waals surface area contributed by atoms with Gasteiger partial charge < -0.3 is 15.8 Å². The van der Waals surface area contributed by atoms with Gasteiger partial charge in [-0.2, -0.15) is 0 Å². The van der Waals surface area contributed by atoms with Crippen LogP contribution in [0.25, 0.3) is 0 Å².